The standard InChI is InChI=1S/C15H25N3O3/c1-4-21-14(19)12-9-17-18(2)13(12)10-16-11-15(5-6-15)7-8-20-3/h9,16H,4-8,10-11H2,1-3H3. The number of esters is 1. The van der Waals surface area contributed by atoms with Crippen molar-refractivity contribution < 1.29 is 14.3 Å². The lowest BCUT2D eigenvalue weighted by molar-refractivity contribution is 0.0524. The first-order chi connectivity index (χ1) is 10.1. The highest BCUT2D eigenvalue weighted by molar-refractivity contribution is 5.90. The second-order valence-corrected chi connectivity index (χ2v) is 5.70. The number of hydrogen-bond donors (Lipinski definition) is 1. The van der Waals surface area contributed by atoms with Crippen molar-refractivity contribution >= 4 is 5.97 Å². The monoisotopic (exact) mass is 295 g/mol. The highest BCUT2D eigenvalue weighted by Crippen LogP contribution is 2.48. The topological polar surface area (TPSA) is 65.4 Å². The molecule has 0 spiro atoms. The molecule has 21 heavy (non-hydrogen) atoms. The molecule has 1 aliphatic carbocycles. The summed E-state index contributed by atoms with van der Waals surface area (Å²) in [5.74, 6) is -0.303. The number of aryl methyl sites for hydroxylation is 1. The number of carbonyl (C=O) groups excluding carboxylic acids is 1. The largest absolute Gasteiger partial charge is 0.462 e. The first kappa shape index (κ1) is 16.0. The van der Waals surface area contributed by atoms with Crippen molar-refractivity contribution in [3.05, 3.63) is 17.5 Å². The Hall–Kier alpha value is -1.40. The van der Waals surface area contributed by atoms with E-state index in [1.54, 1.807) is 24.9 Å². The third-order valence-electron chi connectivity index (χ3n) is 4.14. The molecule has 1 saturated carbocycles. The smallest absolute Gasteiger partial charge is 0.341 e. The van der Waals surface area contributed by atoms with Crippen molar-refractivity contribution in [2.45, 2.75) is 32.7 Å². The molecule has 0 amide bonds. The van der Waals surface area contributed by atoms with Crippen LogP contribution in [-0.4, -0.2) is 42.6 Å². The number of ether oxygens (including phenoxy) is 2. The predicted octanol–water partition coefficient (Wildman–Crippen LogP) is 1.50. The van der Waals surface area contributed by atoms with E-state index in [1.807, 2.05) is 7.05 Å². The summed E-state index contributed by atoms with van der Waals surface area (Å²) in [5, 5.41) is 7.61. The van der Waals surface area contributed by atoms with E-state index >= 15 is 0 Å². The molecule has 2 rings (SSSR count). The summed E-state index contributed by atoms with van der Waals surface area (Å²) in [7, 11) is 3.59. The van der Waals surface area contributed by atoms with Crippen molar-refractivity contribution in [2.75, 3.05) is 26.9 Å². The van der Waals surface area contributed by atoms with Gasteiger partial charge in [-0.3, -0.25) is 4.68 Å². The maximum Gasteiger partial charge on any atom is 0.341 e. The van der Waals surface area contributed by atoms with Crippen LogP contribution in [0.1, 0.15) is 42.2 Å². The van der Waals surface area contributed by atoms with E-state index in [-0.39, 0.29) is 5.97 Å². The fraction of sp³-hybridized carbons (Fsp3) is 0.733. The van der Waals surface area contributed by atoms with E-state index in [1.165, 1.54) is 12.8 Å². The van der Waals surface area contributed by atoms with Crippen LogP contribution >= 0.6 is 0 Å². The van der Waals surface area contributed by atoms with Crippen LogP contribution < -0.4 is 5.32 Å². The van der Waals surface area contributed by atoms with Crippen LogP contribution in [0.5, 0.6) is 0 Å². The molecular formula is C15H25N3O3. The summed E-state index contributed by atoms with van der Waals surface area (Å²) in [6.45, 7) is 4.56. The van der Waals surface area contributed by atoms with Crippen LogP contribution in [0.3, 0.4) is 0 Å². The molecule has 6 nitrogen and oxygen atoms in total. The highest BCUT2D eigenvalue weighted by atomic mass is 16.5. The molecular weight excluding hydrogens is 270 g/mol. The fourth-order valence-electron chi connectivity index (χ4n) is 2.51. The van der Waals surface area contributed by atoms with Crippen LogP contribution in [0, 0.1) is 5.41 Å². The van der Waals surface area contributed by atoms with Gasteiger partial charge in [-0.05, 0) is 31.6 Å². The third kappa shape index (κ3) is 4.04. The predicted molar refractivity (Wildman–Crippen MR) is 79.0 cm³/mol. The van der Waals surface area contributed by atoms with Gasteiger partial charge in [0.2, 0.25) is 0 Å². The maximum atomic E-state index is 11.9. The Kier molecular flexibility index (Phi) is 5.36. The molecule has 0 bridgehead atoms. The quantitative estimate of drug-likeness (QED) is 0.699. The highest BCUT2D eigenvalue weighted by Gasteiger charge is 2.41. The molecule has 1 aliphatic rings. The minimum atomic E-state index is -0.303. The average Bonchev–Trinajstić information content (AvgIpc) is 3.14. The zero-order valence-electron chi connectivity index (χ0n) is 13.1. The Morgan fingerprint density at radius 2 is 2.29 bits per heavy atom. The molecule has 118 valence electrons. The molecule has 1 fully saturated rings. The molecule has 0 aromatic carbocycles. The number of aromatic nitrogens is 2. The molecule has 0 unspecified atom stereocenters. The van der Waals surface area contributed by atoms with Crippen LogP contribution in [-0.2, 0) is 23.1 Å². The van der Waals surface area contributed by atoms with Crippen molar-refractivity contribution in [3.8, 4) is 0 Å². The van der Waals surface area contributed by atoms with Crippen LogP contribution in [0.4, 0.5) is 0 Å². The first-order valence-corrected chi connectivity index (χ1v) is 7.49. The van der Waals surface area contributed by atoms with E-state index in [2.05, 4.69) is 10.4 Å². The van der Waals surface area contributed by atoms with E-state index < -0.39 is 0 Å². The summed E-state index contributed by atoms with van der Waals surface area (Å²) in [6.07, 6.45) is 5.17. The van der Waals surface area contributed by atoms with Crippen molar-refractivity contribution in [2.24, 2.45) is 12.5 Å². The van der Waals surface area contributed by atoms with Gasteiger partial charge in [0, 0.05) is 33.9 Å². The number of methoxy groups -OCH3 is 1. The van der Waals surface area contributed by atoms with E-state index in [0.717, 1.165) is 25.3 Å². The normalized spacial score (nSPS) is 16.0. The number of nitrogens with one attached hydrogen (secondary N) is 1. The van der Waals surface area contributed by atoms with Gasteiger partial charge in [0.15, 0.2) is 0 Å². The van der Waals surface area contributed by atoms with Crippen LogP contribution in [0.15, 0.2) is 6.20 Å². The minimum absolute atomic E-state index is 0.303. The molecule has 1 heterocycles. The second-order valence-electron chi connectivity index (χ2n) is 5.70. The van der Waals surface area contributed by atoms with Gasteiger partial charge >= 0.3 is 5.97 Å². The molecule has 0 aliphatic heterocycles. The minimum Gasteiger partial charge on any atom is -0.462 e. The maximum absolute atomic E-state index is 11.9. The van der Waals surface area contributed by atoms with Gasteiger partial charge in [-0.15, -0.1) is 0 Å². The number of rotatable bonds is 9. The van der Waals surface area contributed by atoms with Crippen molar-refractivity contribution in [3.63, 3.8) is 0 Å². The Bertz CT molecular complexity index is 481. The Balaban J connectivity index is 1.88. The van der Waals surface area contributed by atoms with Gasteiger partial charge in [-0.25, -0.2) is 4.79 Å². The summed E-state index contributed by atoms with van der Waals surface area (Å²) in [6, 6.07) is 0. The summed E-state index contributed by atoms with van der Waals surface area (Å²) in [4.78, 5) is 11.9. The zero-order chi connectivity index (χ0) is 15.3. The zero-order valence-corrected chi connectivity index (χ0v) is 13.1. The molecule has 0 atom stereocenters. The molecule has 0 saturated heterocycles. The van der Waals surface area contributed by atoms with Gasteiger partial charge in [0.1, 0.15) is 5.56 Å². The van der Waals surface area contributed by atoms with E-state index in [0.29, 0.717) is 24.1 Å². The van der Waals surface area contributed by atoms with Crippen LogP contribution in [0.25, 0.3) is 0 Å². The Morgan fingerprint density at radius 3 is 2.90 bits per heavy atom. The Morgan fingerprint density at radius 1 is 1.52 bits per heavy atom. The lowest BCUT2D eigenvalue weighted by Crippen LogP contribution is -2.26. The molecule has 1 aromatic heterocycles. The summed E-state index contributed by atoms with van der Waals surface area (Å²) >= 11 is 0. The summed E-state index contributed by atoms with van der Waals surface area (Å²) in [5.41, 5.74) is 1.81. The van der Waals surface area contributed by atoms with E-state index in [4.69, 9.17) is 9.47 Å². The average molecular weight is 295 g/mol. The van der Waals surface area contributed by atoms with Gasteiger partial charge in [0.25, 0.3) is 0 Å². The Labute approximate surface area is 125 Å². The van der Waals surface area contributed by atoms with Crippen LogP contribution in [0.2, 0.25) is 0 Å². The summed E-state index contributed by atoms with van der Waals surface area (Å²) < 4.78 is 12.0. The van der Waals surface area contributed by atoms with E-state index in [9.17, 15) is 4.79 Å². The number of nitrogens with zero attached hydrogens (tertiary/aromatic N) is 2. The number of carbonyl (C=O) groups is 1. The number of hydrogen-bond acceptors (Lipinski definition) is 5. The molecule has 0 radical (unpaired) electrons. The van der Waals surface area contributed by atoms with Crippen molar-refractivity contribution in [1.82, 2.24) is 15.1 Å². The first-order valence-electron chi connectivity index (χ1n) is 7.49. The second kappa shape index (κ2) is 7.04. The van der Waals surface area contributed by atoms with Gasteiger partial charge in [-0.2, -0.15) is 5.10 Å². The SMILES string of the molecule is CCOC(=O)c1cnn(C)c1CNCC1(CCOC)CC1. The lowest BCUT2D eigenvalue weighted by Gasteiger charge is -2.16. The van der Waals surface area contributed by atoms with Gasteiger partial charge < -0.3 is 14.8 Å². The van der Waals surface area contributed by atoms with Gasteiger partial charge in [0.05, 0.1) is 18.5 Å². The lowest BCUT2D eigenvalue weighted by atomic mass is 10.0. The molecule has 1 N–H and O–H groups in total. The third-order valence-corrected chi connectivity index (χ3v) is 4.14. The fourth-order valence-corrected chi connectivity index (χ4v) is 2.51. The molecule has 6 heteroatoms. The van der Waals surface area contributed by atoms with Gasteiger partial charge in [-0.1, -0.05) is 0 Å². The van der Waals surface area contributed by atoms with Crippen molar-refractivity contribution in [1.29, 1.82) is 0 Å². The molecule has 1 aromatic rings.